The highest BCUT2D eigenvalue weighted by Gasteiger charge is 2.29. The molecule has 3 rings (SSSR count). The van der Waals surface area contributed by atoms with Gasteiger partial charge in [0.1, 0.15) is 0 Å². The van der Waals surface area contributed by atoms with Crippen molar-refractivity contribution in [2.24, 2.45) is 10.9 Å². The van der Waals surface area contributed by atoms with Crippen LogP contribution in [0.4, 0.5) is 0 Å². The van der Waals surface area contributed by atoms with Crippen LogP contribution in [0.1, 0.15) is 45.1 Å². The molecular weight excluding hydrogens is 503 g/mol. The van der Waals surface area contributed by atoms with Gasteiger partial charge in [-0.2, -0.15) is 0 Å². The molecule has 1 aromatic carbocycles. The lowest BCUT2D eigenvalue weighted by Gasteiger charge is -2.21. The molecule has 2 atom stereocenters. The molecule has 2 saturated heterocycles. The van der Waals surface area contributed by atoms with Crippen molar-refractivity contribution >= 4 is 29.9 Å². The Bertz CT molecular complexity index is 625. The third-order valence-corrected chi connectivity index (χ3v) is 6.03. The fourth-order valence-electron chi connectivity index (χ4n) is 4.28. The minimum absolute atomic E-state index is 0. The van der Waals surface area contributed by atoms with Gasteiger partial charge >= 0.3 is 0 Å². The van der Waals surface area contributed by atoms with Crippen molar-refractivity contribution in [1.82, 2.24) is 15.5 Å². The maximum absolute atomic E-state index is 5.86. The second kappa shape index (κ2) is 15.0. The van der Waals surface area contributed by atoms with Crippen LogP contribution in [0.2, 0.25) is 0 Å². The highest BCUT2D eigenvalue weighted by molar-refractivity contribution is 14.0. The number of halogens is 1. The van der Waals surface area contributed by atoms with Gasteiger partial charge in [-0.1, -0.05) is 30.3 Å². The fourth-order valence-corrected chi connectivity index (χ4v) is 4.28. The summed E-state index contributed by atoms with van der Waals surface area (Å²) in [7, 11) is 0. The highest BCUT2D eigenvalue weighted by Crippen LogP contribution is 2.20. The Labute approximate surface area is 205 Å². The molecule has 0 saturated carbocycles. The summed E-state index contributed by atoms with van der Waals surface area (Å²) >= 11 is 0. The van der Waals surface area contributed by atoms with Crippen LogP contribution in [-0.2, 0) is 16.0 Å². The van der Waals surface area contributed by atoms with Crippen molar-refractivity contribution in [2.45, 2.75) is 58.2 Å². The van der Waals surface area contributed by atoms with Crippen molar-refractivity contribution < 1.29 is 9.47 Å². The van der Waals surface area contributed by atoms with Crippen LogP contribution in [0.25, 0.3) is 0 Å². The molecule has 2 heterocycles. The van der Waals surface area contributed by atoms with Crippen molar-refractivity contribution in [3.8, 4) is 0 Å². The van der Waals surface area contributed by atoms with E-state index in [1.165, 1.54) is 5.56 Å². The first kappa shape index (κ1) is 26.4. The van der Waals surface area contributed by atoms with E-state index >= 15 is 0 Å². The van der Waals surface area contributed by atoms with Gasteiger partial charge in [0.05, 0.1) is 0 Å². The highest BCUT2D eigenvalue weighted by atomic mass is 127. The van der Waals surface area contributed by atoms with Crippen LogP contribution >= 0.6 is 24.0 Å². The lowest BCUT2D eigenvalue weighted by Crippen LogP contribution is -2.44. The molecule has 2 fully saturated rings. The first-order valence-corrected chi connectivity index (χ1v) is 11.7. The van der Waals surface area contributed by atoms with E-state index in [1.54, 1.807) is 0 Å². The molecule has 7 heteroatoms. The Hall–Kier alpha value is -0.900. The molecule has 0 aliphatic carbocycles. The summed E-state index contributed by atoms with van der Waals surface area (Å²) in [6.07, 6.45) is 4.37. The number of benzene rings is 1. The number of aliphatic imine (C=N–C) groups is 1. The third-order valence-electron chi connectivity index (χ3n) is 6.03. The number of ether oxygens (including phenoxy) is 2. The van der Waals surface area contributed by atoms with E-state index in [-0.39, 0.29) is 24.0 Å². The monoisotopic (exact) mass is 544 g/mol. The van der Waals surface area contributed by atoms with E-state index in [0.29, 0.717) is 18.0 Å². The van der Waals surface area contributed by atoms with E-state index < -0.39 is 0 Å². The Kier molecular flexibility index (Phi) is 12.8. The topological polar surface area (TPSA) is 58.1 Å². The SMILES string of the molecule is CCNC(=NCCCOCC1CCOCC1)NC1CC(C)N(Cc2ccccc2)C1.I. The van der Waals surface area contributed by atoms with Crippen molar-refractivity contribution in [2.75, 3.05) is 46.1 Å². The molecule has 31 heavy (non-hydrogen) atoms. The minimum atomic E-state index is 0. The van der Waals surface area contributed by atoms with Crippen molar-refractivity contribution in [3.63, 3.8) is 0 Å². The number of hydrogen-bond donors (Lipinski definition) is 2. The van der Waals surface area contributed by atoms with E-state index in [9.17, 15) is 0 Å². The Morgan fingerprint density at radius 3 is 2.74 bits per heavy atom. The van der Waals surface area contributed by atoms with Gasteiger partial charge in [-0.15, -0.1) is 24.0 Å². The lowest BCUT2D eigenvalue weighted by molar-refractivity contribution is 0.0205. The molecule has 0 aromatic heterocycles. The molecule has 0 amide bonds. The van der Waals surface area contributed by atoms with E-state index in [2.05, 4.69) is 59.7 Å². The summed E-state index contributed by atoms with van der Waals surface area (Å²) in [6.45, 7) is 11.6. The van der Waals surface area contributed by atoms with Crippen molar-refractivity contribution in [1.29, 1.82) is 0 Å². The van der Waals surface area contributed by atoms with Crippen molar-refractivity contribution in [3.05, 3.63) is 35.9 Å². The molecule has 0 bridgehead atoms. The van der Waals surface area contributed by atoms with Crippen LogP contribution in [-0.4, -0.2) is 69.0 Å². The van der Waals surface area contributed by atoms with Crippen LogP contribution in [0.15, 0.2) is 35.3 Å². The van der Waals surface area contributed by atoms with Gasteiger partial charge in [-0.25, -0.2) is 0 Å². The third kappa shape index (κ3) is 9.63. The summed E-state index contributed by atoms with van der Waals surface area (Å²) in [6, 6.07) is 11.8. The summed E-state index contributed by atoms with van der Waals surface area (Å²) in [5.74, 6) is 1.60. The summed E-state index contributed by atoms with van der Waals surface area (Å²) in [5.41, 5.74) is 1.38. The number of rotatable bonds is 10. The average molecular weight is 545 g/mol. The molecule has 2 N–H and O–H groups in total. The van der Waals surface area contributed by atoms with Gasteiger partial charge < -0.3 is 20.1 Å². The van der Waals surface area contributed by atoms with E-state index in [4.69, 9.17) is 14.5 Å². The second-order valence-electron chi connectivity index (χ2n) is 8.59. The maximum atomic E-state index is 5.86. The lowest BCUT2D eigenvalue weighted by atomic mass is 10.0. The molecule has 2 unspecified atom stereocenters. The van der Waals surface area contributed by atoms with Crippen LogP contribution < -0.4 is 10.6 Å². The molecule has 2 aliphatic rings. The quantitative estimate of drug-likeness (QED) is 0.204. The minimum Gasteiger partial charge on any atom is -0.381 e. The molecular formula is C24H41IN4O2. The second-order valence-corrected chi connectivity index (χ2v) is 8.59. The van der Waals surface area contributed by atoms with E-state index in [0.717, 1.165) is 84.2 Å². The Balaban J connectivity index is 0.00000341. The Morgan fingerprint density at radius 2 is 2.00 bits per heavy atom. The Morgan fingerprint density at radius 1 is 1.23 bits per heavy atom. The molecule has 0 spiro atoms. The molecule has 1 aromatic rings. The fraction of sp³-hybridized carbons (Fsp3) is 0.708. The zero-order valence-corrected chi connectivity index (χ0v) is 21.6. The van der Waals surface area contributed by atoms with Crippen LogP contribution in [0.5, 0.6) is 0 Å². The molecule has 176 valence electrons. The molecule has 2 aliphatic heterocycles. The van der Waals surface area contributed by atoms with Gasteiger partial charge in [-0.05, 0) is 51.0 Å². The smallest absolute Gasteiger partial charge is 0.191 e. The van der Waals surface area contributed by atoms with Gasteiger partial charge in [0.15, 0.2) is 5.96 Å². The summed E-state index contributed by atoms with van der Waals surface area (Å²) in [4.78, 5) is 7.33. The largest absolute Gasteiger partial charge is 0.381 e. The zero-order valence-electron chi connectivity index (χ0n) is 19.2. The number of guanidine groups is 1. The number of likely N-dealkylation sites (tertiary alicyclic amines) is 1. The maximum Gasteiger partial charge on any atom is 0.191 e. The number of nitrogens with one attached hydrogen (secondary N) is 2. The van der Waals surface area contributed by atoms with Gasteiger partial charge in [0.25, 0.3) is 0 Å². The molecule has 6 nitrogen and oxygen atoms in total. The zero-order chi connectivity index (χ0) is 21.0. The number of nitrogens with zero attached hydrogens (tertiary/aromatic N) is 2. The predicted molar refractivity (Wildman–Crippen MR) is 138 cm³/mol. The van der Waals surface area contributed by atoms with Crippen LogP contribution in [0, 0.1) is 5.92 Å². The van der Waals surface area contributed by atoms with Crippen LogP contribution in [0.3, 0.4) is 0 Å². The standard InChI is InChI=1S/C24H40N4O2.HI/c1-3-25-24(26-12-7-13-30-19-22-10-14-29-15-11-22)27-23-16-20(2)28(18-23)17-21-8-5-4-6-9-21;/h4-6,8-9,20,22-23H,3,7,10-19H2,1-2H3,(H2,25,26,27);1H. The summed E-state index contributed by atoms with van der Waals surface area (Å²) < 4.78 is 11.3. The van der Waals surface area contributed by atoms with E-state index in [1.807, 2.05) is 0 Å². The molecule has 0 radical (unpaired) electrons. The first-order chi connectivity index (χ1) is 14.7. The summed E-state index contributed by atoms with van der Waals surface area (Å²) in [5, 5.41) is 7.05. The average Bonchev–Trinajstić information content (AvgIpc) is 3.10. The first-order valence-electron chi connectivity index (χ1n) is 11.7. The van der Waals surface area contributed by atoms with Gasteiger partial charge in [-0.3, -0.25) is 9.89 Å². The van der Waals surface area contributed by atoms with Gasteiger partial charge in [0.2, 0.25) is 0 Å². The van der Waals surface area contributed by atoms with Gasteiger partial charge in [0, 0.05) is 64.7 Å². The number of hydrogen-bond acceptors (Lipinski definition) is 4. The predicted octanol–water partition coefficient (Wildman–Crippen LogP) is 3.66. The normalized spacial score (nSPS) is 22.8.